The van der Waals surface area contributed by atoms with E-state index in [0.717, 1.165) is 30.3 Å². The fraction of sp³-hybridized carbons (Fsp3) is 0.500. The second kappa shape index (κ2) is 12.4. The van der Waals surface area contributed by atoms with Crippen LogP contribution in [-0.4, -0.2) is 33.2 Å². The van der Waals surface area contributed by atoms with Gasteiger partial charge in [0.2, 0.25) is 5.95 Å². The lowest BCUT2D eigenvalue weighted by atomic mass is 10.2. The third kappa shape index (κ3) is 7.59. The fourth-order valence-corrected chi connectivity index (χ4v) is 3.33. The van der Waals surface area contributed by atoms with E-state index in [1.165, 1.54) is 4.57 Å². The molecule has 31 heavy (non-hydrogen) atoms. The summed E-state index contributed by atoms with van der Waals surface area (Å²) in [7, 11) is 0. The van der Waals surface area contributed by atoms with Crippen LogP contribution in [0.25, 0.3) is 0 Å². The number of benzene rings is 1. The lowest BCUT2D eigenvalue weighted by Gasteiger charge is -2.15. The Hall–Kier alpha value is -2.52. The Balaban J connectivity index is 2.27. The number of hydrogen-bond donors (Lipinski definition) is 3. The molecule has 0 aliphatic carbocycles. The van der Waals surface area contributed by atoms with Gasteiger partial charge in [-0.15, -0.1) is 0 Å². The third-order valence-electron chi connectivity index (χ3n) is 4.62. The number of aliphatic imine (C=N–C) groups is 1. The van der Waals surface area contributed by atoms with Gasteiger partial charge in [-0.3, -0.25) is 9.56 Å². The summed E-state index contributed by atoms with van der Waals surface area (Å²) in [6.45, 7) is 3.54. The molecule has 1 aromatic carbocycles. The molecule has 2 aromatic rings. The van der Waals surface area contributed by atoms with Crippen LogP contribution in [0.2, 0.25) is 10.0 Å². The van der Waals surface area contributed by atoms with Gasteiger partial charge >= 0.3 is 11.4 Å². The number of unbranched alkanes of at least 4 members (excludes halogenated alkanes) is 3. The van der Waals surface area contributed by atoms with Crippen molar-refractivity contribution in [2.24, 2.45) is 16.5 Å². The summed E-state index contributed by atoms with van der Waals surface area (Å²) in [5, 5.41) is 3.83. The minimum atomic E-state index is -0.632. The van der Waals surface area contributed by atoms with Gasteiger partial charge in [0.15, 0.2) is 5.96 Å². The van der Waals surface area contributed by atoms with Crippen LogP contribution in [0.15, 0.2) is 32.8 Å². The molecule has 5 N–H and O–H groups in total. The summed E-state index contributed by atoms with van der Waals surface area (Å²) < 4.78 is 2.61. The van der Waals surface area contributed by atoms with Gasteiger partial charge in [0.1, 0.15) is 0 Å². The van der Waals surface area contributed by atoms with E-state index in [-0.39, 0.29) is 18.5 Å². The van der Waals surface area contributed by atoms with Crippen molar-refractivity contribution in [2.45, 2.75) is 52.1 Å². The van der Waals surface area contributed by atoms with Crippen LogP contribution in [0.5, 0.6) is 0 Å². The zero-order valence-corrected chi connectivity index (χ0v) is 19.1. The highest BCUT2D eigenvalue weighted by Gasteiger charge is 2.14. The molecule has 0 aliphatic heterocycles. The first-order valence-corrected chi connectivity index (χ1v) is 11.0. The van der Waals surface area contributed by atoms with Gasteiger partial charge in [0, 0.05) is 19.6 Å². The van der Waals surface area contributed by atoms with Gasteiger partial charge in [-0.25, -0.2) is 14.2 Å². The maximum Gasteiger partial charge on any atom is 0.355 e. The average molecular weight is 470 g/mol. The molecule has 170 valence electrons. The Morgan fingerprint density at radius 3 is 2.55 bits per heavy atom. The number of nitrogens with zero attached hydrogens (tertiary/aromatic N) is 4. The second-order valence-corrected chi connectivity index (χ2v) is 7.95. The molecule has 0 saturated heterocycles. The summed E-state index contributed by atoms with van der Waals surface area (Å²) in [6, 6.07) is 4.99. The molecule has 2 rings (SSSR count). The summed E-state index contributed by atoms with van der Waals surface area (Å²) in [6.07, 6.45) is 4.57. The molecule has 0 bridgehead atoms. The Labute approximate surface area is 191 Å². The Bertz CT molecular complexity index is 1010. The first-order chi connectivity index (χ1) is 14.8. The van der Waals surface area contributed by atoms with E-state index in [2.05, 4.69) is 22.2 Å². The van der Waals surface area contributed by atoms with E-state index in [9.17, 15) is 9.59 Å². The topological polar surface area (TPSA) is 133 Å². The quantitative estimate of drug-likeness (QED) is 0.248. The fourth-order valence-electron chi connectivity index (χ4n) is 3.01. The zero-order valence-electron chi connectivity index (χ0n) is 17.6. The molecule has 1 aromatic heterocycles. The van der Waals surface area contributed by atoms with Crippen molar-refractivity contribution in [3.63, 3.8) is 0 Å². The van der Waals surface area contributed by atoms with Crippen LogP contribution in [0, 0.1) is 0 Å². The van der Waals surface area contributed by atoms with E-state index in [4.69, 9.17) is 34.7 Å². The average Bonchev–Trinajstić information content (AvgIpc) is 2.72. The van der Waals surface area contributed by atoms with Crippen molar-refractivity contribution in [1.29, 1.82) is 0 Å². The van der Waals surface area contributed by atoms with Gasteiger partial charge < -0.3 is 16.8 Å². The number of halogens is 2. The van der Waals surface area contributed by atoms with Crippen LogP contribution < -0.4 is 28.2 Å². The standard InChI is InChI=1S/C20H29Cl2N7O2/c1-2-3-4-5-11-28-18(26-10-6-9-25-17(23)24)27-19(30)29(20(28)31)13-14-7-8-15(21)16(22)12-14/h7-8,12H,2-6,9-11,13H2,1H3,(H4,23,24,25)(H,26,27,30). The Morgan fingerprint density at radius 1 is 1.10 bits per heavy atom. The van der Waals surface area contributed by atoms with Crippen LogP contribution in [-0.2, 0) is 13.1 Å². The minimum Gasteiger partial charge on any atom is -0.370 e. The first-order valence-electron chi connectivity index (χ1n) is 10.3. The predicted octanol–water partition coefficient (Wildman–Crippen LogP) is 2.42. The molecule has 9 nitrogen and oxygen atoms in total. The van der Waals surface area contributed by atoms with Crippen LogP contribution in [0.1, 0.15) is 44.6 Å². The van der Waals surface area contributed by atoms with Crippen LogP contribution in [0.3, 0.4) is 0 Å². The number of nitrogens with one attached hydrogen (secondary N) is 1. The highest BCUT2D eigenvalue weighted by molar-refractivity contribution is 6.42. The molecular formula is C20H29Cl2N7O2. The Kier molecular flexibility index (Phi) is 9.87. The van der Waals surface area contributed by atoms with Gasteiger partial charge in [-0.05, 0) is 30.5 Å². The van der Waals surface area contributed by atoms with Gasteiger partial charge in [0.25, 0.3) is 0 Å². The molecule has 0 fully saturated rings. The molecule has 0 atom stereocenters. The van der Waals surface area contributed by atoms with Crippen molar-refractivity contribution in [1.82, 2.24) is 14.1 Å². The van der Waals surface area contributed by atoms with E-state index >= 15 is 0 Å². The lowest BCUT2D eigenvalue weighted by molar-refractivity contribution is 0.519. The summed E-state index contributed by atoms with van der Waals surface area (Å²) >= 11 is 12.0. The number of aromatic nitrogens is 3. The maximum atomic E-state index is 13.1. The molecule has 0 amide bonds. The molecule has 0 radical (unpaired) electrons. The van der Waals surface area contributed by atoms with E-state index < -0.39 is 11.4 Å². The number of anilines is 1. The number of hydrogen-bond acceptors (Lipinski definition) is 5. The lowest BCUT2D eigenvalue weighted by Crippen LogP contribution is -2.43. The molecule has 0 aliphatic rings. The van der Waals surface area contributed by atoms with Crippen molar-refractivity contribution < 1.29 is 0 Å². The summed E-state index contributed by atoms with van der Waals surface area (Å²) in [4.78, 5) is 33.8. The van der Waals surface area contributed by atoms with E-state index in [0.29, 0.717) is 41.7 Å². The van der Waals surface area contributed by atoms with Crippen molar-refractivity contribution in [3.05, 3.63) is 54.8 Å². The normalized spacial score (nSPS) is 10.8. The summed E-state index contributed by atoms with van der Waals surface area (Å²) in [5.74, 6) is 0.275. The first kappa shape index (κ1) is 24.7. The highest BCUT2D eigenvalue weighted by Crippen LogP contribution is 2.22. The Morgan fingerprint density at radius 2 is 1.87 bits per heavy atom. The smallest absolute Gasteiger partial charge is 0.355 e. The number of nitrogens with two attached hydrogens (primary N) is 2. The van der Waals surface area contributed by atoms with E-state index in [1.54, 1.807) is 18.2 Å². The number of guanidine groups is 1. The molecule has 0 spiro atoms. The van der Waals surface area contributed by atoms with E-state index in [1.807, 2.05) is 0 Å². The van der Waals surface area contributed by atoms with Gasteiger partial charge in [-0.1, -0.05) is 55.5 Å². The van der Waals surface area contributed by atoms with Gasteiger partial charge in [-0.2, -0.15) is 4.98 Å². The van der Waals surface area contributed by atoms with Crippen molar-refractivity contribution in [2.75, 3.05) is 18.4 Å². The highest BCUT2D eigenvalue weighted by atomic mass is 35.5. The SMILES string of the molecule is CCCCCCn1c(NCCCN=C(N)N)nc(=O)n(Cc2ccc(Cl)c(Cl)c2)c1=O. The third-order valence-corrected chi connectivity index (χ3v) is 5.36. The molecule has 1 heterocycles. The van der Waals surface area contributed by atoms with Crippen LogP contribution in [0.4, 0.5) is 5.95 Å². The molecular weight excluding hydrogens is 441 g/mol. The second-order valence-electron chi connectivity index (χ2n) is 7.13. The monoisotopic (exact) mass is 469 g/mol. The van der Waals surface area contributed by atoms with Crippen LogP contribution >= 0.6 is 23.2 Å². The molecule has 0 unspecified atom stereocenters. The van der Waals surface area contributed by atoms with Crippen molar-refractivity contribution in [3.8, 4) is 0 Å². The number of rotatable bonds is 12. The van der Waals surface area contributed by atoms with Gasteiger partial charge in [0.05, 0.1) is 16.6 Å². The molecule has 11 heteroatoms. The summed E-state index contributed by atoms with van der Waals surface area (Å²) in [5.41, 5.74) is 10.3. The largest absolute Gasteiger partial charge is 0.370 e. The molecule has 0 saturated carbocycles. The minimum absolute atomic E-state index is 0.0239. The predicted molar refractivity (Wildman–Crippen MR) is 126 cm³/mol. The van der Waals surface area contributed by atoms with Crippen molar-refractivity contribution >= 4 is 35.1 Å². The zero-order chi connectivity index (χ0) is 22.8. The maximum absolute atomic E-state index is 13.1.